The van der Waals surface area contributed by atoms with E-state index >= 15 is 0 Å². The molecule has 0 aliphatic carbocycles. The highest BCUT2D eigenvalue weighted by molar-refractivity contribution is 6.01. The molecular formula is C16H22N6O3. The SMILES string of the molecule is CNc1cncc([C@H]2CCCN2C(=O)CCCN2C(=O)CNC2=O)n1. The van der Waals surface area contributed by atoms with Crippen LogP contribution in [0.15, 0.2) is 12.4 Å². The third-order valence-electron chi connectivity index (χ3n) is 4.53. The topological polar surface area (TPSA) is 108 Å². The summed E-state index contributed by atoms with van der Waals surface area (Å²) >= 11 is 0. The number of nitrogens with zero attached hydrogens (tertiary/aromatic N) is 4. The summed E-state index contributed by atoms with van der Waals surface area (Å²) < 4.78 is 0. The largest absolute Gasteiger partial charge is 0.372 e. The van der Waals surface area contributed by atoms with Crippen LogP contribution in [-0.4, -0.2) is 64.3 Å². The van der Waals surface area contributed by atoms with Gasteiger partial charge in [0.1, 0.15) is 5.82 Å². The number of amides is 4. The fraction of sp³-hybridized carbons (Fsp3) is 0.562. The van der Waals surface area contributed by atoms with E-state index in [-0.39, 0.29) is 37.0 Å². The molecule has 134 valence electrons. The standard InChI is InChI=1S/C16H22N6O3/c1-17-13-9-18-8-11(20-13)12-4-2-6-21(12)14(23)5-3-7-22-15(24)10-19-16(22)25/h8-9,12H,2-7,10H2,1H3,(H,17,20)(H,19,25)/t12-/m1/s1. The van der Waals surface area contributed by atoms with Crippen LogP contribution in [0.25, 0.3) is 0 Å². The van der Waals surface area contributed by atoms with E-state index in [1.807, 2.05) is 4.90 Å². The van der Waals surface area contributed by atoms with Gasteiger partial charge < -0.3 is 15.5 Å². The molecule has 0 aromatic carbocycles. The lowest BCUT2D eigenvalue weighted by molar-refractivity contribution is -0.133. The van der Waals surface area contributed by atoms with Crippen LogP contribution in [0, 0.1) is 0 Å². The van der Waals surface area contributed by atoms with Crippen molar-refractivity contribution in [1.29, 1.82) is 0 Å². The highest BCUT2D eigenvalue weighted by Crippen LogP contribution is 2.31. The van der Waals surface area contributed by atoms with Crippen LogP contribution in [-0.2, 0) is 9.59 Å². The number of aromatic nitrogens is 2. The summed E-state index contributed by atoms with van der Waals surface area (Å²) in [4.78, 5) is 47.3. The van der Waals surface area contributed by atoms with Gasteiger partial charge in [0.05, 0.1) is 30.7 Å². The van der Waals surface area contributed by atoms with Crippen LogP contribution < -0.4 is 10.6 Å². The van der Waals surface area contributed by atoms with E-state index in [4.69, 9.17) is 0 Å². The Bertz CT molecular complexity index is 664. The van der Waals surface area contributed by atoms with E-state index in [9.17, 15) is 14.4 Å². The van der Waals surface area contributed by atoms with Gasteiger partial charge in [-0.25, -0.2) is 9.78 Å². The molecule has 1 atom stereocenters. The molecule has 0 unspecified atom stereocenters. The van der Waals surface area contributed by atoms with Gasteiger partial charge >= 0.3 is 6.03 Å². The average Bonchev–Trinajstić information content (AvgIpc) is 3.23. The Balaban J connectivity index is 1.57. The molecule has 1 aromatic rings. The van der Waals surface area contributed by atoms with Crippen molar-refractivity contribution in [3.8, 4) is 0 Å². The Morgan fingerprint density at radius 2 is 2.24 bits per heavy atom. The third kappa shape index (κ3) is 3.70. The van der Waals surface area contributed by atoms with Gasteiger partial charge in [-0.3, -0.25) is 19.5 Å². The van der Waals surface area contributed by atoms with Gasteiger partial charge in [-0.2, -0.15) is 0 Å². The molecule has 1 aromatic heterocycles. The zero-order chi connectivity index (χ0) is 17.8. The van der Waals surface area contributed by atoms with Crippen molar-refractivity contribution in [3.63, 3.8) is 0 Å². The number of nitrogens with one attached hydrogen (secondary N) is 2. The number of hydrogen-bond acceptors (Lipinski definition) is 6. The van der Waals surface area contributed by atoms with Crippen molar-refractivity contribution < 1.29 is 14.4 Å². The van der Waals surface area contributed by atoms with Crippen LogP contribution >= 0.6 is 0 Å². The second-order valence-corrected chi connectivity index (χ2v) is 6.13. The summed E-state index contributed by atoms with van der Waals surface area (Å²) in [5.74, 6) is 0.456. The fourth-order valence-electron chi connectivity index (χ4n) is 3.25. The van der Waals surface area contributed by atoms with E-state index in [0.717, 1.165) is 23.4 Å². The maximum Gasteiger partial charge on any atom is 0.324 e. The van der Waals surface area contributed by atoms with Gasteiger partial charge in [0.15, 0.2) is 0 Å². The zero-order valence-corrected chi connectivity index (χ0v) is 14.2. The molecule has 3 heterocycles. The molecule has 3 rings (SSSR count). The smallest absolute Gasteiger partial charge is 0.324 e. The molecule has 0 saturated carbocycles. The first-order chi connectivity index (χ1) is 12.1. The summed E-state index contributed by atoms with van der Waals surface area (Å²) in [6.07, 6.45) is 5.89. The van der Waals surface area contributed by atoms with Crippen LogP contribution in [0.1, 0.15) is 37.4 Å². The number of rotatable bonds is 6. The Labute approximate surface area is 145 Å². The first-order valence-corrected chi connectivity index (χ1v) is 8.47. The molecule has 2 fully saturated rings. The van der Waals surface area contributed by atoms with E-state index in [1.165, 1.54) is 0 Å². The van der Waals surface area contributed by atoms with E-state index in [2.05, 4.69) is 20.6 Å². The van der Waals surface area contributed by atoms with Crippen molar-refractivity contribution in [1.82, 2.24) is 25.1 Å². The molecular weight excluding hydrogens is 324 g/mol. The lowest BCUT2D eigenvalue weighted by atomic mass is 10.1. The number of carbonyl (C=O) groups excluding carboxylic acids is 3. The highest BCUT2D eigenvalue weighted by atomic mass is 16.2. The molecule has 25 heavy (non-hydrogen) atoms. The molecule has 9 heteroatoms. The van der Waals surface area contributed by atoms with Gasteiger partial charge in [-0.05, 0) is 19.3 Å². The van der Waals surface area contributed by atoms with Gasteiger partial charge in [0.25, 0.3) is 0 Å². The first-order valence-electron chi connectivity index (χ1n) is 8.47. The van der Waals surface area contributed by atoms with Crippen molar-refractivity contribution in [3.05, 3.63) is 18.1 Å². The zero-order valence-electron chi connectivity index (χ0n) is 14.2. The summed E-state index contributed by atoms with van der Waals surface area (Å²) in [5.41, 5.74) is 0.784. The van der Waals surface area contributed by atoms with E-state index < -0.39 is 0 Å². The van der Waals surface area contributed by atoms with E-state index in [0.29, 0.717) is 25.2 Å². The minimum atomic E-state index is -0.379. The quantitative estimate of drug-likeness (QED) is 0.727. The number of likely N-dealkylation sites (tertiary alicyclic amines) is 1. The molecule has 2 N–H and O–H groups in total. The molecule has 2 aliphatic heterocycles. The monoisotopic (exact) mass is 346 g/mol. The van der Waals surface area contributed by atoms with Gasteiger partial charge in [-0.1, -0.05) is 0 Å². The van der Waals surface area contributed by atoms with Crippen molar-refractivity contribution in [2.45, 2.75) is 31.7 Å². The third-order valence-corrected chi connectivity index (χ3v) is 4.53. The molecule has 4 amide bonds. The second kappa shape index (κ2) is 7.45. The number of urea groups is 1. The van der Waals surface area contributed by atoms with Crippen LogP contribution in [0.5, 0.6) is 0 Å². The van der Waals surface area contributed by atoms with Gasteiger partial charge in [-0.15, -0.1) is 0 Å². The molecule has 2 saturated heterocycles. The summed E-state index contributed by atoms with van der Waals surface area (Å²) in [6, 6.07) is -0.444. The highest BCUT2D eigenvalue weighted by Gasteiger charge is 2.32. The van der Waals surface area contributed by atoms with Crippen LogP contribution in [0.2, 0.25) is 0 Å². The Kier molecular flexibility index (Phi) is 5.11. The summed E-state index contributed by atoms with van der Waals surface area (Å²) in [6.45, 7) is 1.00. The lowest BCUT2D eigenvalue weighted by Gasteiger charge is -2.24. The average molecular weight is 346 g/mol. The minimum absolute atomic E-state index is 0.0196. The Hall–Kier alpha value is -2.71. The number of imide groups is 1. The van der Waals surface area contributed by atoms with Gasteiger partial charge in [0.2, 0.25) is 11.8 Å². The second-order valence-electron chi connectivity index (χ2n) is 6.13. The summed E-state index contributed by atoms with van der Waals surface area (Å²) in [5, 5.41) is 5.43. The molecule has 0 radical (unpaired) electrons. The Morgan fingerprint density at radius 3 is 2.96 bits per heavy atom. The molecule has 0 spiro atoms. The summed E-state index contributed by atoms with van der Waals surface area (Å²) in [7, 11) is 1.78. The number of anilines is 1. The first kappa shape index (κ1) is 17.1. The van der Waals surface area contributed by atoms with Gasteiger partial charge in [0, 0.05) is 26.6 Å². The lowest BCUT2D eigenvalue weighted by Crippen LogP contribution is -2.34. The molecule has 2 aliphatic rings. The van der Waals surface area contributed by atoms with Crippen LogP contribution in [0.3, 0.4) is 0 Å². The maximum absolute atomic E-state index is 12.6. The maximum atomic E-state index is 12.6. The van der Waals surface area contributed by atoms with E-state index in [1.54, 1.807) is 19.4 Å². The molecule has 0 bridgehead atoms. The molecule has 9 nitrogen and oxygen atoms in total. The minimum Gasteiger partial charge on any atom is -0.372 e. The number of carbonyl (C=O) groups is 3. The number of hydrogen-bond donors (Lipinski definition) is 2. The Morgan fingerprint density at radius 1 is 1.40 bits per heavy atom. The van der Waals surface area contributed by atoms with Crippen LogP contribution in [0.4, 0.5) is 10.6 Å². The predicted molar refractivity (Wildman–Crippen MR) is 89.6 cm³/mol. The van der Waals surface area contributed by atoms with Crippen molar-refractivity contribution in [2.24, 2.45) is 0 Å². The van der Waals surface area contributed by atoms with Crippen molar-refractivity contribution in [2.75, 3.05) is 32.0 Å². The van der Waals surface area contributed by atoms with Crippen molar-refractivity contribution >= 4 is 23.7 Å². The normalized spacial score (nSPS) is 20.1. The fourth-order valence-corrected chi connectivity index (χ4v) is 3.25. The predicted octanol–water partition coefficient (Wildman–Crippen LogP) is 0.514.